The molecule has 0 unspecified atom stereocenters. The molecule has 0 fully saturated rings. The fraction of sp³-hybridized carbons (Fsp3) is 0.0833. The number of nitro benzene ring substituents is 1. The van der Waals surface area contributed by atoms with Crippen LogP contribution in [-0.4, -0.2) is 21.1 Å². The molecule has 0 N–H and O–H groups in total. The van der Waals surface area contributed by atoms with Gasteiger partial charge in [0.2, 0.25) is 0 Å². The molecular weight excluding hydrogens is 234 g/mol. The van der Waals surface area contributed by atoms with Crippen LogP contribution in [0.5, 0.6) is 5.75 Å². The molecule has 18 heavy (non-hydrogen) atoms. The second-order valence-corrected chi connectivity index (χ2v) is 3.30. The highest BCUT2D eigenvalue weighted by Gasteiger charge is 2.05. The minimum absolute atomic E-state index is 0.00457. The van der Waals surface area contributed by atoms with Gasteiger partial charge in [-0.15, -0.1) is 0 Å². The van der Waals surface area contributed by atoms with Crippen molar-refractivity contribution in [2.75, 3.05) is 6.61 Å². The van der Waals surface area contributed by atoms with E-state index in [0.29, 0.717) is 5.75 Å². The lowest BCUT2D eigenvalue weighted by atomic mass is 10.3. The molecule has 0 aliphatic carbocycles. The van der Waals surface area contributed by atoms with E-state index in [1.165, 1.54) is 12.1 Å². The second-order valence-electron chi connectivity index (χ2n) is 3.30. The van der Waals surface area contributed by atoms with E-state index in [2.05, 4.69) is 16.9 Å². The van der Waals surface area contributed by atoms with Crippen molar-refractivity contribution in [2.24, 2.45) is 0 Å². The molecule has 0 bridgehead atoms. The van der Waals surface area contributed by atoms with E-state index in [1.54, 1.807) is 35.4 Å². The van der Waals surface area contributed by atoms with E-state index >= 15 is 0 Å². The minimum atomic E-state index is -0.468. The zero-order chi connectivity index (χ0) is 12.8. The molecule has 1 heterocycles. The third-order valence-corrected chi connectivity index (χ3v) is 2.05. The van der Waals surface area contributed by atoms with Crippen molar-refractivity contribution >= 4 is 5.69 Å². The fourth-order valence-electron chi connectivity index (χ4n) is 1.26. The maximum Gasteiger partial charge on any atom is 0.273 e. The lowest BCUT2D eigenvalue weighted by Gasteiger charge is -2.00. The molecule has 0 saturated heterocycles. The predicted molar refractivity (Wildman–Crippen MR) is 64.0 cm³/mol. The summed E-state index contributed by atoms with van der Waals surface area (Å²) in [6.45, 7) is 0.152. The van der Waals surface area contributed by atoms with Crippen LogP contribution in [0.4, 0.5) is 5.69 Å². The quantitative estimate of drug-likeness (QED) is 0.467. The zero-order valence-electron chi connectivity index (χ0n) is 9.31. The molecule has 0 spiro atoms. The van der Waals surface area contributed by atoms with Crippen LogP contribution in [0.1, 0.15) is 0 Å². The second kappa shape index (κ2) is 5.50. The summed E-state index contributed by atoms with van der Waals surface area (Å²) >= 11 is 0. The number of ether oxygens (including phenoxy) is 1. The third kappa shape index (κ3) is 3.09. The topological polar surface area (TPSA) is 70.2 Å². The highest BCUT2D eigenvalue weighted by atomic mass is 16.6. The van der Waals surface area contributed by atoms with E-state index in [-0.39, 0.29) is 12.3 Å². The molecule has 0 radical (unpaired) electrons. The van der Waals surface area contributed by atoms with Crippen LogP contribution in [0.3, 0.4) is 0 Å². The predicted octanol–water partition coefficient (Wildman–Crippen LogP) is 1.68. The Bertz CT molecular complexity index is 597. The van der Waals surface area contributed by atoms with Crippen molar-refractivity contribution in [3.05, 3.63) is 53.1 Å². The van der Waals surface area contributed by atoms with Crippen LogP contribution >= 0.6 is 0 Å². The number of non-ortho nitro benzene ring substituents is 1. The first-order valence-corrected chi connectivity index (χ1v) is 5.10. The van der Waals surface area contributed by atoms with Crippen LogP contribution in [0.15, 0.2) is 43.0 Å². The Labute approximate surface area is 103 Å². The van der Waals surface area contributed by atoms with Gasteiger partial charge in [0.05, 0.1) is 11.0 Å². The van der Waals surface area contributed by atoms with Crippen molar-refractivity contribution in [3.63, 3.8) is 0 Å². The summed E-state index contributed by atoms with van der Waals surface area (Å²) in [6.07, 6.45) is 4.90. The Morgan fingerprint density at radius 1 is 1.50 bits per heavy atom. The number of nitrogens with zero attached hydrogens (tertiary/aromatic N) is 3. The average Bonchev–Trinajstić information content (AvgIpc) is 2.88. The molecule has 1 aromatic carbocycles. The Hall–Kier alpha value is -2.81. The summed E-state index contributed by atoms with van der Waals surface area (Å²) in [7, 11) is 0. The molecule has 90 valence electrons. The van der Waals surface area contributed by atoms with Gasteiger partial charge in [0.1, 0.15) is 12.1 Å². The van der Waals surface area contributed by atoms with Gasteiger partial charge in [-0.25, -0.2) is 4.98 Å². The first-order chi connectivity index (χ1) is 8.75. The summed E-state index contributed by atoms with van der Waals surface area (Å²) in [5.41, 5.74) is -0.00457. The molecule has 6 nitrogen and oxygen atoms in total. The van der Waals surface area contributed by atoms with Gasteiger partial charge in [0.15, 0.2) is 6.61 Å². The summed E-state index contributed by atoms with van der Waals surface area (Å²) in [6, 6.07) is 8.76. The van der Waals surface area contributed by atoms with Crippen molar-refractivity contribution < 1.29 is 9.66 Å². The van der Waals surface area contributed by atoms with E-state index in [9.17, 15) is 10.1 Å². The van der Waals surface area contributed by atoms with Gasteiger partial charge in [0.25, 0.3) is 5.69 Å². The zero-order valence-corrected chi connectivity index (χ0v) is 9.31. The molecule has 2 rings (SSSR count). The normalized spacial score (nSPS) is 9.33. The average molecular weight is 243 g/mol. The smallest absolute Gasteiger partial charge is 0.273 e. The molecule has 0 saturated carbocycles. The van der Waals surface area contributed by atoms with Crippen LogP contribution < -0.4 is 4.74 Å². The van der Waals surface area contributed by atoms with Gasteiger partial charge in [0, 0.05) is 24.5 Å². The van der Waals surface area contributed by atoms with Gasteiger partial charge in [-0.05, 0) is 12.0 Å². The number of rotatable bonds is 3. The minimum Gasteiger partial charge on any atom is -0.481 e. The van der Waals surface area contributed by atoms with E-state index in [4.69, 9.17) is 4.74 Å². The van der Waals surface area contributed by atoms with Gasteiger partial charge < -0.3 is 4.74 Å². The van der Waals surface area contributed by atoms with Gasteiger partial charge in [-0.2, -0.15) is 0 Å². The fourth-order valence-corrected chi connectivity index (χ4v) is 1.26. The Morgan fingerprint density at radius 2 is 2.39 bits per heavy atom. The van der Waals surface area contributed by atoms with Gasteiger partial charge >= 0.3 is 0 Å². The Balaban J connectivity index is 1.94. The molecule has 0 atom stereocenters. The Morgan fingerprint density at radius 3 is 3.11 bits per heavy atom. The molecular formula is C12H9N3O3. The monoisotopic (exact) mass is 243 g/mol. The third-order valence-electron chi connectivity index (χ3n) is 2.05. The summed E-state index contributed by atoms with van der Waals surface area (Å²) in [5, 5.41) is 10.6. The number of nitro groups is 1. The largest absolute Gasteiger partial charge is 0.481 e. The standard InChI is InChI=1S/C12H9N3O3/c16-15(17)11-3-1-4-12(9-11)18-8-2-6-14-7-5-13-10-14/h1,3-5,7,9-10H,8H2. The molecule has 2 aromatic rings. The highest BCUT2D eigenvalue weighted by Crippen LogP contribution is 2.18. The van der Waals surface area contributed by atoms with E-state index in [0.717, 1.165) is 0 Å². The number of aromatic nitrogens is 2. The number of imidazole rings is 1. The SMILES string of the molecule is O=[N+]([O-])c1cccc(OCC#Cn2ccnc2)c1. The van der Waals surface area contributed by atoms with Gasteiger partial charge in [-0.1, -0.05) is 6.07 Å². The number of hydrogen-bond acceptors (Lipinski definition) is 4. The van der Waals surface area contributed by atoms with E-state index in [1.807, 2.05) is 0 Å². The van der Waals surface area contributed by atoms with Crippen LogP contribution in [-0.2, 0) is 0 Å². The highest BCUT2D eigenvalue weighted by molar-refractivity contribution is 5.38. The van der Waals surface area contributed by atoms with Crippen molar-refractivity contribution in [1.82, 2.24) is 9.55 Å². The molecule has 0 aliphatic heterocycles. The first-order valence-electron chi connectivity index (χ1n) is 5.10. The van der Waals surface area contributed by atoms with Crippen LogP contribution in [0, 0.1) is 22.1 Å². The summed E-state index contributed by atoms with van der Waals surface area (Å²) < 4.78 is 6.88. The van der Waals surface area contributed by atoms with Crippen molar-refractivity contribution in [2.45, 2.75) is 0 Å². The van der Waals surface area contributed by atoms with Crippen molar-refractivity contribution in [1.29, 1.82) is 0 Å². The van der Waals surface area contributed by atoms with Gasteiger partial charge in [-0.3, -0.25) is 14.7 Å². The lowest BCUT2D eigenvalue weighted by molar-refractivity contribution is -0.384. The summed E-state index contributed by atoms with van der Waals surface area (Å²) in [5.74, 6) is 3.19. The maximum atomic E-state index is 10.6. The number of benzene rings is 1. The van der Waals surface area contributed by atoms with Crippen LogP contribution in [0.25, 0.3) is 0 Å². The molecule has 0 amide bonds. The Kier molecular flexibility index (Phi) is 3.56. The first kappa shape index (κ1) is 11.7. The van der Waals surface area contributed by atoms with Crippen LogP contribution in [0.2, 0.25) is 0 Å². The molecule has 0 aliphatic rings. The molecule has 1 aromatic heterocycles. The maximum absolute atomic E-state index is 10.6. The van der Waals surface area contributed by atoms with Crippen molar-refractivity contribution in [3.8, 4) is 17.7 Å². The molecule has 6 heteroatoms. The van der Waals surface area contributed by atoms with E-state index < -0.39 is 4.92 Å². The number of hydrogen-bond donors (Lipinski definition) is 0. The summed E-state index contributed by atoms with van der Waals surface area (Å²) in [4.78, 5) is 13.9. The lowest BCUT2D eigenvalue weighted by Crippen LogP contribution is -1.96.